The lowest BCUT2D eigenvalue weighted by atomic mass is 10.1. The highest BCUT2D eigenvalue weighted by Crippen LogP contribution is 2.48. The molecule has 176 valence electrons. The molecule has 1 fully saturated rings. The maximum Gasteiger partial charge on any atom is 0.123 e. The van der Waals surface area contributed by atoms with Crippen LogP contribution in [-0.2, 0) is 15.7 Å². The number of pyridine rings is 1. The van der Waals surface area contributed by atoms with Gasteiger partial charge in [-0.1, -0.05) is 50.1 Å². The van der Waals surface area contributed by atoms with Gasteiger partial charge >= 0.3 is 0 Å². The number of nitrogens with zero attached hydrogens (tertiary/aromatic N) is 2. The van der Waals surface area contributed by atoms with Crippen LogP contribution in [0.4, 0.5) is 4.39 Å². The third-order valence-corrected chi connectivity index (χ3v) is 12.1. The van der Waals surface area contributed by atoms with E-state index in [4.69, 9.17) is 10.1 Å². The van der Waals surface area contributed by atoms with Gasteiger partial charge in [0.1, 0.15) is 10.8 Å². The fraction of sp³-hybridized carbons (Fsp3) is 0.259. The van der Waals surface area contributed by atoms with Crippen LogP contribution in [0.3, 0.4) is 0 Å². The Hall–Kier alpha value is -2.74. The van der Waals surface area contributed by atoms with Crippen LogP contribution in [0.15, 0.2) is 82.8 Å². The molecule has 2 aromatic heterocycles. The van der Waals surface area contributed by atoms with E-state index < -0.39 is 9.25 Å². The van der Waals surface area contributed by atoms with E-state index in [9.17, 15) is 4.39 Å². The summed E-state index contributed by atoms with van der Waals surface area (Å²) in [6, 6.07) is 19.6. The number of nitrogens with two attached hydrogens (primary N) is 1. The monoisotopic (exact) mass is 493 g/mol. The summed E-state index contributed by atoms with van der Waals surface area (Å²) in [4.78, 5) is 10.9. The summed E-state index contributed by atoms with van der Waals surface area (Å²) in [7, 11) is -3.96. The summed E-state index contributed by atoms with van der Waals surface area (Å²) in [5.41, 5.74) is 2.29. The quantitative estimate of drug-likeness (QED) is 0.328. The molecule has 0 bridgehead atoms. The van der Waals surface area contributed by atoms with E-state index in [1.807, 2.05) is 55.5 Å². The van der Waals surface area contributed by atoms with Gasteiger partial charge in [-0.15, -0.1) is 11.3 Å². The Morgan fingerprint density at radius 3 is 2.50 bits per heavy atom. The molecule has 0 radical (unpaired) electrons. The Labute approximate surface area is 203 Å². The second kappa shape index (κ2) is 8.80. The molecule has 5 rings (SSSR count). The number of benzene rings is 2. The van der Waals surface area contributed by atoms with Crippen molar-refractivity contribution < 1.29 is 8.60 Å². The normalized spacial score (nSPS) is 15.8. The molecule has 0 spiro atoms. The third-order valence-electron chi connectivity index (χ3n) is 6.69. The predicted molar refractivity (Wildman–Crippen MR) is 138 cm³/mol. The number of thiazole rings is 1. The molecular formula is C27H28FN3OS2. The summed E-state index contributed by atoms with van der Waals surface area (Å²) >= 11 is 1.57. The Balaban J connectivity index is 1.70. The first-order chi connectivity index (χ1) is 16.4. The van der Waals surface area contributed by atoms with Crippen molar-refractivity contribution in [2.45, 2.75) is 54.2 Å². The van der Waals surface area contributed by atoms with E-state index in [0.717, 1.165) is 53.2 Å². The molecular weight excluding hydrogens is 465 g/mol. The minimum absolute atomic E-state index is 0.155. The van der Waals surface area contributed by atoms with Crippen molar-refractivity contribution in [3.05, 3.63) is 83.8 Å². The topological polar surface area (TPSA) is 68.9 Å². The van der Waals surface area contributed by atoms with Crippen LogP contribution in [0.25, 0.3) is 21.7 Å². The van der Waals surface area contributed by atoms with Crippen molar-refractivity contribution in [3.8, 4) is 21.7 Å². The van der Waals surface area contributed by atoms with Gasteiger partial charge in [0.05, 0.1) is 15.6 Å². The first kappa shape index (κ1) is 23.0. The van der Waals surface area contributed by atoms with Crippen molar-refractivity contribution in [2.75, 3.05) is 0 Å². The fourth-order valence-electron chi connectivity index (χ4n) is 4.87. The van der Waals surface area contributed by atoms with E-state index in [1.165, 1.54) is 12.1 Å². The van der Waals surface area contributed by atoms with Gasteiger partial charge in [-0.05, 0) is 61.2 Å². The van der Waals surface area contributed by atoms with Crippen molar-refractivity contribution >= 4 is 20.6 Å². The smallest absolute Gasteiger partial charge is 0.123 e. The lowest BCUT2D eigenvalue weighted by Crippen LogP contribution is -2.52. The molecule has 2 aromatic carbocycles. The zero-order valence-corrected chi connectivity index (χ0v) is 20.7. The molecule has 0 atom stereocenters. The second-order valence-electron chi connectivity index (χ2n) is 8.82. The molecule has 7 heteroatoms. The van der Waals surface area contributed by atoms with Crippen molar-refractivity contribution in [1.29, 1.82) is 0 Å². The summed E-state index contributed by atoms with van der Waals surface area (Å²) < 4.78 is 29.1. The van der Waals surface area contributed by atoms with Crippen LogP contribution in [-0.4, -0.2) is 19.4 Å². The summed E-state index contributed by atoms with van der Waals surface area (Å²) in [6.45, 7) is 2.05. The molecule has 1 aliphatic rings. The van der Waals surface area contributed by atoms with E-state index >= 15 is 4.21 Å². The van der Waals surface area contributed by atoms with Gasteiger partial charge < -0.3 is 0 Å². The molecule has 4 nitrogen and oxygen atoms in total. The average Bonchev–Trinajstić information content (AvgIpc) is 3.56. The van der Waals surface area contributed by atoms with Crippen molar-refractivity contribution in [2.24, 2.45) is 5.14 Å². The van der Waals surface area contributed by atoms with Gasteiger partial charge in [0.25, 0.3) is 0 Å². The minimum Gasteiger partial charge on any atom is -0.263 e. The highest BCUT2D eigenvalue weighted by Gasteiger charge is 2.47. The lowest BCUT2D eigenvalue weighted by molar-refractivity contribution is 0.628. The zero-order valence-electron chi connectivity index (χ0n) is 19.1. The van der Waals surface area contributed by atoms with Crippen molar-refractivity contribution in [3.63, 3.8) is 0 Å². The molecule has 0 amide bonds. The second-order valence-corrected chi connectivity index (χ2v) is 13.6. The number of rotatable bonds is 6. The number of hydrogen-bond acceptors (Lipinski definition) is 4. The molecule has 0 unspecified atom stereocenters. The molecule has 0 saturated heterocycles. The first-order valence-corrected chi connectivity index (χ1v) is 14.5. The van der Waals surface area contributed by atoms with Crippen LogP contribution < -0.4 is 5.14 Å². The summed E-state index contributed by atoms with van der Waals surface area (Å²) in [5.74, 6) is -0.305. The number of aromatic nitrogens is 2. The number of halogens is 1. The van der Waals surface area contributed by atoms with Crippen LogP contribution >= 0.6 is 11.3 Å². The third kappa shape index (κ3) is 3.82. The van der Waals surface area contributed by atoms with Gasteiger partial charge in [0, 0.05) is 31.2 Å². The number of hydrogen-bond donors (Lipinski definition) is 1. The molecule has 2 heterocycles. The van der Waals surface area contributed by atoms with E-state index in [2.05, 4.69) is 4.98 Å². The van der Waals surface area contributed by atoms with Crippen LogP contribution in [0.1, 0.15) is 37.6 Å². The highest BCUT2D eigenvalue weighted by atomic mass is 32.3. The van der Waals surface area contributed by atoms with Gasteiger partial charge in [-0.3, -0.25) is 9.35 Å². The maximum atomic E-state index is 15.1. The first-order valence-electron chi connectivity index (χ1n) is 11.6. The van der Waals surface area contributed by atoms with E-state index in [1.54, 1.807) is 23.6 Å². The minimum atomic E-state index is -3.96. The van der Waals surface area contributed by atoms with Crippen LogP contribution in [0, 0.1) is 5.82 Å². The number of aryl methyl sites for hydroxylation is 1. The summed E-state index contributed by atoms with van der Waals surface area (Å²) in [6.07, 6.45) is 6.12. The lowest BCUT2D eigenvalue weighted by Gasteiger charge is -2.43. The van der Waals surface area contributed by atoms with Crippen LogP contribution in [0.5, 0.6) is 0 Å². The Morgan fingerprint density at radius 1 is 1.03 bits per heavy atom. The standard InChI is InChI=1S/C27H28FN3OS2/c1-2-24-31-26(19-9-8-10-21(28)17-19)27(33-24)20-15-16-30-25(18-20)34(29,32,23-13-6-7-14-23)22-11-4-3-5-12-22/h3-5,8-12,15-18,23H,2,6-7,13-14H2,1H3,(H2,29,32). The average molecular weight is 494 g/mol. The van der Waals surface area contributed by atoms with Gasteiger partial charge in [-0.25, -0.2) is 14.4 Å². The van der Waals surface area contributed by atoms with Crippen molar-refractivity contribution in [1.82, 2.24) is 9.97 Å². The fourth-order valence-corrected chi connectivity index (χ4v) is 9.49. The maximum absolute atomic E-state index is 15.1. The molecule has 0 aliphatic heterocycles. The van der Waals surface area contributed by atoms with E-state index in [0.29, 0.717) is 15.5 Å². The Bertz CT molecular complexity index is 1400. The predicted octanol–water partition coefficient (Wildman–Crippen LogP) is 6.63. The molecule has 2 N–H and O–H groups in total. The van der Waals surface area contributed by atoms with Gasteiger partial charge in [0.15, 0.2) is 0 Å². The SMILES string of the molecule is CCc1nc(-c2cccc(F)c2)c(-c2ccnc(S(N)(=O)(c3ccccc3)C3CCCC3)c2)s1. The largest absolute Gasteiger partial charge is 0.263 e. The van der Waals surface area contributed by atoms with Crippen LogP contribution in [0.2, 0.25) is 0 Å². The molecule has 4 aromatic rings. The Morgan fingerprint density at radius 2 is 1.79 bits per heavy atom. The zero-order chi connectivity index (χ0) is 23.8. The van der Waals surface area contributed by atoms with Gasteiger partial charge in [0.2, 0.25) is 0 Å². The Kier molecular flexibility index (Phi) is 5.96. The highest BCUT2D eigenvalue weighted by molar-refractivity contribution is 8.18. The van der Waals surface area contributed by atoms with Gasteiger partial charge in [-0.2, -0.15) is 0 Å². The van der Waals surface area contributed by atoms with E-state index in [-0.39, 0.29) is 11.1 Å². The molecule has 34 heavy (non-hydrogen) atoms. The molecule has 1 saturated carbocycles. The molecule has 1 aliphatic carbocycles. The summed E-state index contributed by atoms with van der Waals surface area (Å²) in [5, 5.41) is 8.29.